The molecule has 0 aliphatic heterocycles. The van der Waals surface area contributed by atoms with Gasteiger partial charge in [-0.15, -0.1) is 0 Å². The van der Waals surface area contributed by atoms with Gasteiger partial charge in [-0.2, -0.15) is 0 Å². The van der Waals surface area contributed by atoms with E-state index in [4.69, 9.17) is 4.42 Å². The van der Waals surface area contributed by atoms with Crippen LogP contribution in [0.3, 0.4) is 0 Å². The Kier molecular flexibility index (Phi) is 4.41. The van der Waals surface area contributed by atoms with Gasteiger partial charge in [0.05, 0.1) is 12.5 Å². The normalized spacial score (nSPS) is 12.4. The Morgan fingerprint density at radius 2 is 2.05 bits per heavy atom. The average Bonchev–Trinajstić information content (AvgIpc) is 2.95. The van der Waals surface area contributed by atoms with E-state index in [1.54, 1.807) is 33.8 Å². The van der Waals surface area contributed by atoms with Crippen molar-refractivity contribution in [2.75, 3.05) is 5.32 Å². The molecule has 22 heavy (non-hydrogen) atoms. The van der Waals surface area contributed by atoms with Crippen molar-refractivity contribution in [1.82, 2.24) is 9.71 Å². The minimum Gasteiger partial charge on any atom is -0.459 e. The summed E-state index contributed by atoms with van der Waals surface area (Å²) in [6, 6.07) is 1.67. The number of thiazole rings is 1. The molecule has 2 aromatic rings. The topological polar surface area (TPSA) is 101 Å². The highest BCUT2D eigenvalue weighted by atomic mass is 32.2. The molecule has 7 nitrogen and oxygen atoms in total. The van der Waals surface area contributed by atoms with Crippen molar-refractivity contribution in [3.05, 3.63) is 29.9 Å². The molecule has 0 fully saturated rings. The number of furan rings is 1. The van der Waals surface area contributed by atoms with Gasteiger partial charge < -0.3 is 4.42 Å². The van der Waals surface area contributed by atoms with Gasteiger partial charge in [-0.25, -0.2) is 18.1 Å². The predicted molar refractivity (Wildman–Crippen MR) is 83.6 cm³/mol. The molecule has 0 aliphatic carbocycles. The lowest BCUT2D eigenvalue weighted by Crippen LogP contribution is -2.40. The Morgan fingerprint density at radius 3 is 2.59 bits per heavy atom. The number of aromatic nitrogens is 1. The third kappa shape index (κ3) is 3.93. The number of nitrogens with one attached hydrogen (secondary N) is 2. The van der Waals surface area contributed by atoms with Crippen molar-refractivity contribution in [3.63, 3.8) is 0 Å². The van der Waals surface area contributed by atoms with E-state index in [9.17, 15) is 13.2 Å². The quantitative estimate of drug-likeness (QED) is 0.887. The summed E-state index contributed by atoms with van der Waals surface area (Å²) in [4.78, 5) is 15.9. The zero-order chi connectivity index (χ0) is 16.5. The fourth-order valence-corrected chi connectivity index (χ4v) is 4.10. The van der Waals surface area contributed by atoms with E-state index < -0.39 is 21.5 Å². The maximum absolute atomic E-state index is 12.2. The fourth-order valence-electron chi connectivity index (χ4n) is 1.65. The highest BCUT2D eigenvalue weighted by Gasteiger charge is 2.25. The van der Waals surface area contributed by atoms with Gasteiger partial charge in [0.25, 0.3) is 15.9 Å². The van der Waals surface area contributed by atoms with E-state index in [0.717, 1.165) is 11.3 Å². The van der Waals surface area contributed by atoms with Crippen LogP contribution in [-0.2, 0) is 10.0 Å². The Morgan fingerprint density at radius 1 is 1.36 bits per heavy atom. The molecule has 1 amide bonds. The summed E-state index contributed by atoms with van der Waals surface area (Å²) in [5, 5.41) is 2.71. The van der Waals surface area contributed by atoms with Gasteiger partial charge in [-0.05, 0) is 33.8 Å². The van der Waals surface area contributed by atoms with Crippen molar-refractivity contribution >= 4 is 32.4 Å². The summed E-state index contributed by atoms with van der Waals surface area (Å²) in [7, 11) is -3.66. The number of carbonyl (C=O) groups excluding carboxylic acids is 1. The first kappa shape index (κ1) is 16.7. The van der Waals surface area contributed by atoms with Crippen LogP contribution in [0.2, 0.25) is 0 Å². The van der Waals surface area contributed by atoms with Crippen molar-refractivity contribution in [2.45, 2.75) is 37.4 Å². The molecular weight excluding hydrogens is 326 g/mol. The molecule has 0 aromatic carbocycles. The van der Waals surface area contributed by atoms with Crippen molar-refractivity contribution in [3.8, 4) is 0 Å². The molecule has 0 atom stereocenters. The zero-order valence-electron chi connectivity index (χ0n) is 12.6. The van der Waals surface area contributed by atoms with E-state index in [2.05, 4.69) is 15.0 Å². The minimum atomic E-state index is -3.66. The van der Waals surface area contributed by atoms with Gasteiger partial charge in [0.2, 0.25) is 0 Å². The van der Waals surface area contributed by atoms with Crippen LogP contribution in [0, 0.1) is 6.92 Å². The number of carbonyl (C=O) groups is 1. The van der Waals surface area contributed by atoms with Crippen LogP contribution in [0.5, 0.6) is 0 Å². The summed E-state index contributed by atoms with van der Waals surface area (Å²) in [6.45, 7) is 6.97. The van der Waals surface area contributed by atoms with E-state index in [1.807, 2.05) is 0 Å². The number of hydrogen-bond acceptors (Lipinski definition) is 6. The number of rotatable bonds is 4. The van der Waals surface area contributed by atoms with E-state index in [-0.39, 0.29) is 15.1 Å². The smallest absolute Gasteiger partial charge is 0.293 e. The number of anilines is 1. The van der Waals surface area contributed by atoms with Crippen molar-refractivity contribution < 1.29 is 17.6 Å². The number of nitrogens with zero attached hydrogens (tertiary/aromatic N) is 1. The van der Waals surface area contributed by atoms with Crippen molar-refractivity contribution in [1.29, 1.82) is 0 Å². The second kappa shape index (κ2) is 5.82. The molecule has 2 heterocycles. The van der Waals surface area contributed by atoms with Crippen LogP contribution >= 0.6 is 11.3 Å². The summed E-state index contributed by atoms with van der Waals surface area (Å²) < 4.78 is 32.0. The maximum Gasteiger partial charge on any atom is 0.293 e. The predicted octanol–water partition coefficient (Wildman–Crippen LogP) is 2.37. The number of amides is 1. The molecule has 0 spiro atoms. The van der Waals surface area contributed by atoms with Crippen molar-refractivity contribution in [2.24, 2.45) is 0 Å². The second-order valence-electron chi connectivity index (χ2n) is 5.73. The minimum absolute atomic E-state index is 0.0360. The second-order valence-corrected chi connectivity index (χ2v) is 8.67. The van der Waals surface area contributed by atoms with Gasteiger partial charge in [-0.1, -0.05) is 11.3 Å². The standard InChI is InChI=1S/C13H17N3O4S2/c1-8-5-6-20-10(8)11(17)15-12-14-7-9(21-12)22(18,19)16-13(2,3)4/h5-7,16H,1-4H3,(H,14,15,17). The maximum atomic E-state index is 12.2. The lowest BCUT2D eigenvalue weighted by atomic mass is 10.1. The lowest BCUT2D eigenvalue weighted by molar-refractivity contribution is 0.0996. The summed E-state index contributed by atoms with van der Waals surface area (Å²) in [6.07, 6.45) is 2.62. The van der Waals surface area contributed by atoms with E-state index in [1.165, 1.54) is 12.5 Å². The molecule has 2 rings (SSSR count). The Bertz CT molecular complexity index is 784. The molecule has 0 saturated heterocycles. The van der Waals surface area contributed by atoms with E-state index >= 15 is 0 Å². The van der Waals surface area contributed by atoms with Gasteiger partial charge in [0, 0.05) is 11.1 Å². The molecule has 0 radical (unpaired) electrons. The molecular formula is C13H17N3O4S2. The molecule has 0 unspecified atom stereocenters. The number of aryl methyl sites for hydroxylation is 1. The third-order valence-corrected chi connectivity index (χ3v) is 5.61. The van der Waals surface area contributed by atoms with Gasteiger partial charge >= 0.3 is 0 Å². The summed E-state index contributed by atoms with van der Waals surface area (Å²) in [5.74, 6) is -0.294. The van der Waals surface area contributed by atoms with Crippen LogP contribution in [0.1, 0.15) is 36.9 Å². The van der Waals surface area contributed by atoms with Gasteiger partial charge in [0.1, 0.15) is 0 Å². The molecule has 0 saturated carbocycles. The SMILES string of the molecule is Cc1ccoc1C(=O)Nc1ncc(S(=O)(=O)NC(C)(C)C)s1. The fraction of sp³-hybridized carbons (Fsp3) is 0.385. The van der Waals surface area contributed by atoms with Gasteiger partial charge in [-0.3, -0.25) is 10.1 Å². The van der Waals surface area contributed by atoms with Crippen LogP contribution < -0.4 is 10.0 Å². The summed E-state index contributed by atoms with van der Waals surface area (Å²) in [5.41, 5.74) is 0.0913. The van der Waals surface area contributed by atoms with Crippen LogP contribution in [0.15, 0.2) is 27.2 Å². The first-order valence-corrected chi connectivity index (χ1v) is 8.74. The molecule has 2 aromatic heterocycles. The molecule has 120 valence electrons. The monoisotopic (exact) mass is 343 g/mol. The Labute approximate surface area is 132 Å². The van der Waals surface area contributed by atoms with Gasteiger partial charge in [0.15, 0.2) is 15.1 Å². The van der Waals surface area contributed by atoms with Crippen LogP contribution in [-0.4, -0.2) is 24.8 Å². The Hall–Kier alpha value is -1.71. The molecule has 9 heteroatoms. The highest BCUT2D eigenvalue weighted by molar-refractivity contribution is 7.91. The lowest BCUT2D eigenvalue weighted by Gasteiger charge is -2.19. The Balaban J connectivity index is 2.15. The third-order valence-electron chi connectivity index (χ3n) is 2.48. The van der Waals surface area contributed by atoms with E-state index in [0.29, 0.717) is 5.56 Å². The molecule has 0 aliphatic rings. The first-order chi connectivity index (χ1) is 10.1. The summed E-state index contributed by atoms with van der Waals surface area (Å²) >= 11 is 0.877. The zero-order valence-corrected chi connectivity index (χ0v) is 14.3. The average molecular weight is 343 g/mol. The number of sulfonamides is 1. The largest absolute Gasteiger partial charge is 0.459 e. The first-order valence-electron chi connectivity index (χ1n) is 6.44. The number of hydrogen-bond donors (Lipinski definition) is 2. The highest BCUT2D eigenvalue weighted by Crippen LogP contribution is 2.24. The molecule has 0 bridgehead atoms. The van der Waals surface area contributed by atoms with Crippen LogP contribution in [0.25, 0.3) is 0 Å². The van der Waals surface area contributed by atoms with Crippen LogP contribution in [0.4, 0.5) is 5.13 Å². The molecule has 2 N–H and O–H groups in total.